The number of aryl methyl sites for hydroxylation is 3. The summed E-state index contributed by atoms with van der Waals surface area (Å²) in [6, 6.07) is 7.64. The van der Waals surface area contributed by atoms with Gasteiger partial charge in [0.15, 0.2) is 11.5 Å². The molecule has 11 nitrogen and oxygen atoms in total. The van der Waals surface area contributed by atoms with E-state index in [1.165, 1.54) is 0 Å². The number of methoxy groups -OCH3 is 1. The number of rotatable bonds is 5. The molecule has 0 spiro atoms. The molecule has 7 rings (SSSR count). The Morgan fingerprint density at radius 1 is 1.02 bits per heavy atom. The SMILES string of the molecule is COc1cc2c(cc1-c1c(C)noc1C)[nH]c1nc(C)nc(-c3ccc(C(=O)N[C@H]4CC[C@@H](O)CC4)c4c3OCCO4)c12. The van der Waals surface area contributed by atoms with Crippen LogP contribution in [0.4, 0.5) is 0 Å². The van der Waals surface area contributed by atoms with E-state index in [-0.39, 0.29) is 18.1 Å². The minimum Gasteiger partial charge on any atom is -0.496 e. The van der Waals surface area contributed by atoms with E-state index < -0.39 is 0 Å². The van der Waals surface area contributed by atoms with E-state index in [2.05, 4.69) is 15.5 Å². The van der Waals surface area contributed by atoms with Crippen LogP contribution in [0.25, 0.3) is 44.3 Å². The predicted octanol–water partition coefficient (Wildman–Crippen LogP) is 5.17. The van der Waals surface area contributed by atoms with Gasteiger partial charge in [-0.05, 0) is 70.7 Å². The fraction of sp³-hybridized carbons (Fsp3) is 0.375. The summed E-state index contributed by atoms with van der Waals surface area (Å²) in [7, 11) is 1.64. The number of benzene rings is 2. The number of nitrogens with one attached hydrogen (secondary N) is 2. The molecule has 1 fully saturated rings. The second kappa shape index (κ2) is 10.6. The standard InChI is InChI=1S/C32H33N5O6/c1-15-26(16(2)43-37-15)23-13-24-22(14-25(23)40-4)27-28(33-17(3)34-31(27)36-24)20-9-10-21(30-29(20)41-11-12-42-30)32(39)35-18-5-7-19(38)8-6-18/h9-10,13-14,18-19,38H,5-8,11-12H2,1-4H3,(H,35,39)(H,33,34,36)/t18-,19+. The van der Waals surface area contributed by atoms with Crippen molar-refractivity contribution in [1.29, 1.82) is 0 Å². The average molecular weight is 584 g/mol. The van der Waals surface area contributed by atoms with E-state index >= 15 is 0 Å². The van der Waals surface area contributed by atoms with Gasteiger partial charge in [-0.3, -0.25) is 4.79 Å². The van der Waals surface area contributed by atoms with Crippen LogP contribution in [-0.2, 0) is 0 Å². The Morgan fingerprint density at radius 2 is 1.79 bits per heavy atom. The number of aliphatic hydroxyl groups excluding tert-OH is 1. The van der Waals surface area contributed by atoms with Gasteiger partial charge in [0.1, 0.15) is 36.2 Å². The number of carbonyl (C=O) groups is 1. The van der Waals surface area contributed by atoms with Gasteiger partial charge in [-0.25, -0.2) is 9.97 Å². The maximum Gasteiger partial charge on any atom is 0.255 e. The van der Waals surface area contributed by atoms with Crippen molar-refractivity contribution in [2.45, 2.75) is 58.6 Å². The Morgan fingerprint density at radius 3 is 2.51 bits per heavy atom. The van der Waals surface area contributed by atoms with Crippen LogP contribution in [0.3, 0.4) is 0 Å². The Balaban J connectivity index is 1.37. The first-order chi connectivity index (χ1) is 20.8. The molecule has 1 amide bonds. The summed E-state index contributed by atoms with van der Waals surface area (Å²) in [6.45, 7) is 6.31. The summed E-state index contributed by atoms with van der Waals surface area (Å²) in [6.07, 6.45) is 2.55. The first kappa shape index (κ1) is 27.2. The highest BCUT2D eigenvalue weighted by Gasteiger charge is 2.29. The van der Waals surface area contributed by atoms with Crippen LogP contribution in [0, 0.1) is 20.8 Å². The van der Waals surface area contributed by atoms with Gasteiger partial charge in [-0.2, -0.15) is 0 Å². The number of amides is 1. The highest BCUT2D eigenvalue weighted by molar-refractivity contribution is 6.14. The maximum atomic E-state index is 13.4. The molecule has 2 aliphatic rings. The Labute approximate surface area is 247 Å². The molecule has 0 atom stereocenters. The van der Waals surface area contributed by atoms with Gasteiger partial charge < -0.3 is 34.1 Å². The van der Waals surface area contributed by atoms with Crippen molar-refractivity contribution in [3.05, 3.63) is 47.1 Å². The van der Waals surface area contributed by atoms with Crippen LogP contribution in [0.15, 0.2) is 28.8 Å². The molecule has 3 aromatic heterocycles. The van der Waals surface area contributed by atoms with Gasteiger partial charge in [0.2, 0.25) is 0 Å². The number of fused-ring (bicyclic) bond motifs is 4. The van der Waals surface area contributed by atoms with Gasteiger partial charge in [0, 0.05) is 28.1 Å². The molecular formula is C32H33N5O6. The molecule has 0 bridgehead atoms. The van der Waals surface area contributed by atoms with E-state index in [1.54, 1.807) is 13.2 Å². The summed E-state index contributed by atoms with van der Waals surface area (Å²) < 4.78 is 23.5. The lowest BCUT2D eigenvalue weighted by atomic mass is 9.93. The third-order valence-electron chi connectivity index (χ3n) is 8.41. The van der Waals surface area contributed by atoms with Crippen molar-refractivity contribution in [1.82, 2.24) is 25.4 Å². The predicted molar refractivity (Wildman–Crippen MR) is 160 cm³/mol. The van der Waals surface area contributed by atoms with Crippen LogP contribution in [0.5, 0.6) is 17.2 Å². The van der Waals surface area contributed by atoms with Crippen molar-refractivity contribution in [2.24, 2.45) is 0 Å². The molecule has 11 heteroatoms. The average Bonchev–Trinajstić information content (AvgIpc) is 3.53. The largest absolute Gasteiger partial charge is 0.496 e. The fourth-order valence-electron chi connectivity index (χ4n) is 6.35. The number of aliphatic hydroxyl groups is 1. The Bertz CT molecular complexity index is 1870. The highest BCUT2D eigenvalue weighted by Crippen LogP contribution is 2.46. The molecule has 43 heavy (non-hydrogen) atoms. The molecule has 0 radical (unpaired) electrons. The van der Waals surface area contributed by atoms with E-state index in [0.29, 0.717) is 77.4 Å². The van der Waals surface area contributed by atoms with Gasteiger partial charge in [-0.15, -0.1) is 0 Å². The topological polar surface area (TPSA) is 145 Å². The van der Waals surface area contributed by atoms with E-state index in [0.717, 1.165) is 46.0 Å². The lowest BCUT2D eigenvalue weighted by Gasteiger charge is -2.27. The summed E-state index contributed by atoms with van der Waals surface area (Å²) >= 11 is 0. The number of nitrogens with zero attached hydrogens (tertiary/aromatic N) is 3. The van der Waals surface area contributed by atoms with E-state index in [9.17, 15) is 9.90 Å². The Hall–Kier alpha value is -4.64. The summed E-state index contributed by atoms with van der Waals surface area (Å²) in [5, 5.41) is 18.8. The quantitative estimate of drug-likeness (QED) is 0.255. The Kier molecular flexibility index (Phi) is 6.69. The zero-order chi connectivity index (χ0) is 29.8. The minimum absolute atomic E-state index is 0.0105. The molecule has 2 aromatic carbocycles. The molecule has 1 aliphatic heterocycles. The van der Waals surface area contributed by atoms with Gasteiger partial charge in [0.05, 0.1) is 41.1 Å². The third kappa shape index (κ3) is 4.64. The first-order valence-electron chi connectivity index (χ1n) is 14.6. The number of H-pyrrole nitrogens is 1. The molecule has 4 heterocycles. The number of carbonyl (C=O) groups excluding carboxylic acids is 1. The van der Waals surface area contributed by atoms with E-state index in [4.69, 9.17) is 28.7 Å². The number of aromatic amines is 1. The molecular weight excluding hydrogens is 550 g/mol. The molecule has 1 aliphatic carbocycles. The molecule has 1 saturated carbocycles. The minimum atomic E-state index is -0.294. The monoisotopic (exact) mass is 583 g/mol. The molecule has 222 valence electrons. The van der Waals surface area contributed by atoms with Crippen molar-refractivity contribution >= 4 is 27.8 Å². The number of aromatic nitrogens is 4. The lowest BCUT2D eigenvalue weighted by Crippen LogP contribution is -2.39. The summed E-state index contributed by atoms with van der Waals surface area (Å²) in [5.41, 5.74) is 5.83. The number of ether oxygens (including phenoxy) is 3. The van der Waals surface area contributed by atoms with Gasteiger partial charge in [0.25, 0.3) is 5.91 Å². The third-order valence-corrected chi connectivity index (χ3v) is 8.41. The zero-order valence-electron chi connectivity index (χ0n) is 24.5. The van der Waals surface area contributed by atoms with Crippen molar-refractivity contribution in [2.75, 3.05) is 20.3 Å². The number of hydrogen-bond acceptors (Lipinski definition) is 9. The molecule has 5 aromatic rings. The highest BCUT2D eigenvalue weighted by atomic mass is 16.6. The van der Waals surface area contributed by atoms with Crippen molar-refractivity contribution in [3.63, 3.8) is 0 Å². The van der Waals surface area contributed by atoms with Gasteiger partial charge in [-0.1, -0.05) is 5.16 Å². The lowest BCUT2D eigenvalue weighted by molar-refractivity contribution is 0.0858. The van der Waals surface area contributed by atoms with Crippen LogP contribution in [-0.4, -0.2) is 63.6 Å². The second-order valence-corrected chi connectivity index (χ2v) is 11.3. The first-order valence-corrected chi connectivity index (χ1v) is 14.6. The van der Waals surface area contributed by atoms with Gasteiger partial charge >= 0.3 is 0 Å². The fourth-order valence-corrected chi connectivity index (χ4v) is 6.35. The van der Waals surface area contributed by atoms with Crippen molar-refractivity contribution < 1.29 is 28.6 Å². The van der Waals surface area contributed by atoms with Crippen molar-refractivity contribution in [3.8, 4) is 39.6 Å². The van der Waals surface area contributed by atoms with E-state index in [1.807, 2.05) is 39.0 Å². The smallest absolute Gasteiger partial charge is 0.255 e. The van der Waals surface area contributed by atoms with Crippen LogP contribution < -0.4 is 19.5 Å². The van der Waals surface area contributed by atoms with Crippen LogP contribution >= 0.6 is 0 Å². The van der Waals surface area contributed by atoms with Crippen LogP contribution in [0.1, 0.15) is 53.3 Å². The molecule has 0 saturated heterocycles. The zero-order valence-corrected chi connectivity index (χ0v) is 24.5. The summed E-state index contributed by atoms with van der Waals surface area (Å²) in [5.74, 6) is 2.61. The number of hydrogen-bond donors (Lipinski definition) is 3. The maximum absolute atomic E-state index is 13.4. The molecule has 3 N–H and O–H groups in total. The molecule has 0 unspecified atom stereocenters. The normalized spacial score (nSPS) is 18.3. The second-order valence-electron chi connectivity index (χ2n) is 11.3. The summed E-state index contributed by atoms with van der Waals surface area (Å²) in [4.78, 5) is 26.5. The van der Waals surface area contributed by atoms with Crippen LogP contribution in [0.2, 0.25) is 0 Å².